The highest BCUT2D eigenvalue weighted by molar-refractivity contribution is 5.95. The molecule has 1 fully saturated rings. The van der Waals surface area contributed by atoms with Crippen LogP contribution in [0.3, 0.4) is 0 Å². The van der Waals surface area contributed by atoms with Crippen molar-refractivity contribution in [2.75, 3.05) is 38.8 Å². The van der Waals surface area contributed by atoms with Crippen LogP contribution in [0.2, 0.25) is 0 Å². The van der Waals surface area contributed by atoms with Crippen molar-refractivity contribution in [3.8, 4) is 0 Å². The van der Waals surface area contributed by atoms with Gasteiger partial charge in [-0.3, -0.25) is 4.79 Å². The lowest BCUT2D eigenvalue weighted by Gasteiger charge is -2.38. The van der Waals surface area contributed by atoms with Crippen molar-refractivity contribution in [2.45, 2.75) is 25.2 Å². The van der Waals surface area contributed by atoms with Crippen molar-refractivity contribution in [2.24, 2.45) is 0 Å². The van der Waals surface area contributed by atoms with Crippen molar-refractivity contribution >= 4 is 11.9 Å². The van der Waals surface area contributed by atoms with Gasteiger partial charge in [-0.05, 0) is 31.4 Å². The molecule has 3 rings (SSSR count). The molecule has 0 atom stereocenters. The maximum atomic E-state index is 14.5. The SMILES string of the molecule is Cc1nc(N(C)C)ncc1C(=O)NCC1(c2ccccc2F)CCOCC1. The number of aryl methyl sites for hydroxylation is 1. The van der Waals surface area contributed by atoms with E-state index in [0.717, 1.165) is 0 Å². The molecule has 1 aromatic heterocycles. The third-order valence-electron chi connectivity index (χ3n) is 5.09. The first-order valence-corrected chi connectivity index (χ1v) is 9.05. The number of nitrogens with one attached hydrogen (secondary N) is 1. The summed E-state index contributed by atoms with van der Waals surface area (Å²) in [5.41, 5.74) is 1.19. The standard InChI is InChI=1S/C20H25FN4O2/c1-14-15(12-22-19(24-14)25(2)3)18(26)23-13-20(8-10-27-11-9-20)16-6-4-5-7-17(16)21/h4-7,12H,8-11,13H2,1-3H3,(H,23,26). The van der Waals surface area contributed by atoms with Crippen LogP contribution in [-0.2, 0) is 10.2 Å². The normalized spacial score (nSPS) is 16.0. The second-order valence-electron chi connectivity index (χ2n) is 7.12. The van der Waals surface area contributed by atoms with Crippen LogP contribution in [0, 0.1) is 12.7 Å². The number of hydrogen-bond donors (Lipinski definition) is 1. The molecule has 0 spiro atoms. The highest BCUT2D eigenvalue weighted by Gasteiger charge is 2.37. The minimum atomic E-state index is -0.475. The first-order valence-electron chi connectivity index (χ1n) is 9.05. The van der Waals surface area contributed by atoms with E-state index >= 15 is 0 Å². The molecule has 7 heteroatoms. The van der Waals surface area contributed by atoms with Crippen LogP contribution in [0.4, 0.5) is 10.3 Å². The minimum Gasteiger partial charge on any atom is -0.381 e. The van der Waals surface area contributed by atoms with Gasteiger partial charge in [-0.25, -0.2) is 14.4 Å². The zero-order valence-electron chi connectivity index (χ0n) is 16.0. The van der Waals surface area contributed by atoms with E-state index in [-0.39, 0.29) is 11.7 Å². The number of amides is 1. The Bertz CT molecular complexity index is 819. The van der Waals surface area contributed by atoms with Gasteiger partial charge in [0.2, 0.25) is 5.95 Å². The highest BCUT2D eigenvalue weighted by Crippen LogP contribution is 2.35. The van der Waals surface area contributed by atoms with Gasteiger partial charge in [-0.2, -0.15) is 0 Å². The molecular formula is C20H25FN4O2. The number of nitrogens with zero attached hydrogens (tertiary/aromatic N) is 3. The Morgan fingerprint density at radius 3 is 2.63 bits per heavy atom. The largest absolute Gasteiger partial charge is 0.381 e. The van der Waals surface area contributed by atoms with E-state index in [1.54, 1.807) is 24.0 Å². The molecule has 1 N–H and O–H groups in total. The van der Waals surface area contributed by atoms with Crippen LogP contribution in [0.1, 0.15) is 34.5 Å². The molecule has 1 aliphatic rings. The average Bonchev–Trinajstić information content (AvgIpc) is 2.67. The van der Waals surface area contributed by atoms with Crippen LogP contribution >= 0.6 is 0 Å². The molecule has 0 radical (unpaired) electrons. The lowest BCUT2D eigenvalue weighted by molar-refractivity contribution is 0.0475. The first kappa shape index (κ1) is 19.2. The summed E-state index contributed by atoms with van der Waals surface area (Å²) in [4.78, 5) is 23.1. The van der Waals surface area contributed by atoms with Crippen LogP contribution in [0.25, 0.3) is 0 Å². The van der Waals surface area contributed by atoms with Crippen LogP contribution < -0.4 is 10.2 Å². The number of anilines is 1. The van der Waals surface area contributed by atoms with E-state index in [1.165, 1.54) is 12.3 Å². The van der Waals surface area contributed by atoms with Crippen molar-refractivity contribution in [3.05, 3.63) is 53.1 Å². The van der Waals surface area contributed by atoms with E-state index in [2.05, 4.69) is 15.3 Å². The Morgan fingerprint density at radius 1 is 1.30 bits per heavy atom. The van der Waals surface area contributed by atoms with Crippen molar-refractivity contribution in [1.82, 2.24) is 15.3 Å². The molecule has 6 nitrogen and oxygen atoms in total. The van der Waals surface area contributed by atoms with E-state index in [9.17, 15) is 9.18 Å². The molecule has 2 heterocycles. The van der Waals surface area contributed by atoms with Crippen molar-refractivity contribution in [3.63, 3.8) is 0 Å². The monoisotopic (exact) mass is 372 g/mol. The van der Waals surface area contributed by atoms with E-state index in [0.29, 0.717) is 55.4 Å². The molecule has 0 bridgehead atoms. The Balaban J connectivity index is 1.80. The number of halogens is 1. The molecule has 0 unspecified atom stereocenters. The van der Waals surface area contributed by atoms with Gasteiger partial charge in [0.1, 0.15) is 5.82 Å². The molecule has 1 aromatic carbocycles. The number of ether oxygens (including phenoxy) is 1. The fraction of sp³-hybridized carbons (Fsp3) is 0.450. The minimum absolute atomic E-state index is 0.247. The van der Waals surface area contributed by atoms with E-state index < -0.39 is 5.41 Å². The topological polar surface area (TPSA) is 67.4 Å². The lowest BCUT2D eigenvalue weighted by atomic mass is 9.73. The fourth-order valence-electron chi connectivity index (χ4n) is 3.43. The maximum absolute atomic E-state index is 14.5. The summed E-state index contributed by atoms with van der Waals surface area (Å²) in [5, 5.41) is 2.97. The molecule has 1 saturated heterocycles. The first-order chi connectivity index (χ1) is 12.9. The zero-order valence-corrected chi connectivity index (χ0v) is 16.0. The predicted octanol–water partition coefficient (Wildman–Crippen LogP) is 2.47. The second kappa shape index (κ2) is 8.00. The molecule has 2 aromatic rings. The molecule has 1 amide bonds. The highest BCUT2D eigenvalue weighted by atomic mass is 19.1. The van der Waals surface area contributed by atoms with Crippen LogP contribution in [-0.4, -0.2) is 49.7 Å². The summed E-state index contributed by atoms with van der Waals surface area (Å²) in [6.45, 7) is 3.21. The third-order valence-corrected chi connectivity index (χ3v) is 5.09. The Hall–Kier alpha value is -2.54. The third kappa shape index (κ3) is 4.08. The van der Waals surface area contributed by atoms with Gasteiger partial charge < -0.3 is 15.0 Å². The molecule has 144 valence electrons. The average molecular weight is 372 g/mol. The predicted molar refractivity (Wildman–Crippen MR) is 102 cm³/mol. The molecule has 0 aliphatic carbocycles. The molecule has 1 aliphatic heterocycles. The second-order valence-corrected chi connectivity index (χ2v) is 7.12. The van der Waals surface area contributed by atoms with Gasteiger partial charge in [-0.1, -0.05) is 18.2 Å². The van der Waals surface area contributed by atoms with Gasteiger partial charge in [0.25, 0.3) is 5.91 Å². The van der Waals surface area contributed by atoms with Gasteiger partial charge in [-0.15, -0.1) is 0 Å². The van der Waals surface area contributed by atoms with Gasteiger partial charge in [0, 0.05) is 45.5 Å². The fourth-order valence-corrected chi connectivity index (χ4v) is 3.43. The number of carbonyl (C=O) groups is 1. The van der Waals surface area contributed by atoms with Gasteiger partial charge in [0.05, 0.1) is 11.3 Å². The van der Waals surface area contributed by atoms with Crippen molar-refractivity contribution < 1.29 is 13.9 Å². The molecule has 0 saturated carbocycles. The number of carbonyl (C=O) groups excluding carboxylic acids is 1. The Morgan fingerprint density at radius 2 is 2.00 bits per heavy atom. The quantitative estimate of drug-likeness (QED) is 0.873. The summed E-state index contributed by atoms with van der Waals surface area (Å²) in [5.74, 6) is 0.0554. The van der Waals surface area contributed by atoms with Gasteiger partial charge in [0.15, 0.2) is 0 Å². The van der Waals surface area contributed by atoms with Gasteiger partial charge >= 0.3 is 0 Å². The molecule has 27 heavy (non-hydrogen) atoms. The smallest absolute Gasteiger partial charge is 0.254 e. The number of rotatable bonds is 5. The summed E-state index contributed by atoms with van der Waals surface area (Å²) < 4.78 is 19.9. The summed E-state index contributed by atoms with van der Waals surface area (Å²) >= 11 is 0. The van der Waals surface area contributed by atoms with Crippen molar-refractivity contribution in [1.29, 1.82) is 0 Å². The summed E-state index contributed by atoms with van der Waals surface area (Å²) in [6, 6.07) is 6.77. The number of aromatic nitrogens is 2. The lowest BCUT2D eigenvalue weighted by Crippen LogP contribution is -2.45. The van der Waals surface area contributed by atoms with E-state index in [4.69, 9.17) is 4.74 Å². The van der Waals surface area contributed by atoms with Crippen LogP contribution in [0.15, 0.2) is 30.5 Å². The number of hydrogen-bond acceptors (Lipinski definition) is 5. The summed E-state index contributed by atoms with van der Waals surface area (Å²) in [6.07, 6.45) is 2.85. The Kier molecular flexibility index (Phi) is 5.70. The number of benzene rings is 1. The zero-order chi connectivity index (χ0) is 19.4. The van der Waals surface area contributed by atoms with Crippen LogP contribution in [0.5, 0.6) is 0 Å². The Labute approximate surface area is 158 Å². The molecular weight excluding hydrogens is 347 g/mol. The van der Waals surface area contributed by atoms with E-state index in [1.807, 2.05) is 20.2 Å². The summed E-state index contributed by atoms with van der Waals surface area (Å²) in [7, 11) is 3.69. The maximum Gasteiger partial charge on any atom is 0.254 e.